The first kappa shape index (κ1) is 11.1. The summed E-state index contributed by atoms with van der Waals surface area (Å²) in [4.78, 5) is 0. The van der Waals surface area contributed by atoms with E-state index >= 15 is 0 Å². The summed E-state index contributed by atoms with van der Waals surface area (Å²) in [6, 6.07) is 5.91. The first-order valence-electron chi connectivity index (χ1n) is 4.94. The van der Waals surface area contributed by atoms with E-state index in [9.17, 15) is 0 Å². The van der Waals surface area contributed by atoms with Gasteiger partial charge in [-0.25, -0.2) is 0 Å². The zero-order valence-corrected chi connectivity index (χ0v) is 9.46. The minimum absolute atomic E-state index is 0.0105. The van der Waals surface area contributed by atoms with Crippen LogP contribution in [-0.2, 0) is 0 Å². The molecule has 1 aromatic rings. The van der Waals surface area contributed by atoms with E-state index < -0.39 is 0 Å². The van der Waals surface area contributed by atoms with Gasteiger partial charge in [-0.15, -0.1) is 0 Å². The summed E-state index contributed by atoms with van der Waals surface area (Å²) in [7, 11) is 0. The van der Waals surface area contributed by atoms with Crippen LogP contribution in [0, 0.1) is 12.3 Å². The number of hydrogen-bond donors (Lipinski definition) is 2. The van der Waals surface area contributed by atoms with Crippen LogP contribution < -0.4 is 11.5 Å². The number of nitrogen functional groups attached to an aromatic ring is 1. The lowest BCUT2D eigenvalue weighted by atomic mass is 9.81. The molecule has 0 amide bonds. The van der Waals surface area contributed by atoms with Crippen molar-refractivity contribution in [1.29, 1.82) is 0 Å². The van der Waals surface area contributed by atoms with Crippen molar-refractivity contribution in [1.82, 2.24) is 0 Å². The first-order chi connectivity index (χ1) is 6.34. The Labute approximate surface area is 86.3 Å². The maximum Gasteiger partial charge on any atom is 0.0367 e. The van der Waals surface area contributed by atoms with E-state index in [1.165, 1.54) is 5.56 Å². The molecule has 0 unspecified atom stereocenters. The van der Waals surface area contributed by atoms with Crippen LogP contribution in [0.2, 0.25) is 0 Å². The lowest BCUT2D eigenvalue weighted by Crippen LogP contribution is -2.27. The SMILES string of the molecule is Cc1cccc(N)c1[C@@H](N)C(C)(C)C. The van der Waals surface area contributed by atoms with E-state index in [0.29, 0.717) is 0 Å². The molecule has 0 saturated carbocycles. The molecule has 0 saturated heterocycles. The molecule has 1 atom stereocenters. The van der Waals surface area contributed by atoms with Gasteiger partial charge in [0.1, 0.15) is 0 Å². The summed E-state index contributed by atoms with van der Waals surface area (Å²) in [6.45, 7) is 8.44. The lowest BCUT2D eigenvalue weighted by Gasteiger charge is -2.29. The van der Waals surface area contributed by atoms with Crippen molar-refractivity contribution < 1.29 is 0 Å². The Kier molecular flexibility index (Phi) is 2.86. The molecule has 2 heteroatoms. The third-order valence-electron chi connectivity index (χ3n) is 2.60. The fourth-order valence-corrected chi connectivity index (χ4v) is 1.56. The highest BCUT2D eigenvalue weighted by atomic mass is 14.7. The van der Waals surface area contributed by atoms with E-state index in [-0.39, 0.29) is 11.5 Å². The van der Waals surface area contributed by atoms with Gasteiger partial charge in [0.15, 0.2) is 0 Å². The summed E-state index contributed by atoms with van der Waals surface area (Å²) in [5.41, 5.74) is 15.2. The second-order valence-corrected chi connectivity index (χ2v) is 4.92. The largest absolute Gasteiger partial charge is 0.398 e. The molecule has 14 heavy (non-hydrogen) atoms. The normalized spacial score (nSPS) is 14.1. The van der Waals surface area contributed by atoms with Gasteiger partial charge in [-0.3, -0.25) is 0 Å². The Morgan fingerprint density at radius 1 is 1.21 bits per heavy atom. The van der Waals surface area contributed by atoms with E-state index in [0.717, 1.165) is 11.3 Å². The maximum atomic E-state index is 6.19. The van der Waals surface area contributed by atoms with Gasteiger partial charge in [-0.1, -0.05) is 32.9 Å². The molecular weight excluding hydrogens is 172 g/mol. The molecule has 0 radical (unpaired) electrons. The molecule has 0 heterocycles. The Bertz CT molecular complexity index is 303. The predicted molar refractivity (Wildman–Crippen MR) is 62.0 cm³/mol. The van der Waals surface area contributed by atoms with Crippen molar-refractivity contribution >= 4 is 5.69 Å². The van der Waals surface area contributed by atoms with Gasteiger partial charge in [-0.05, 0) is 29.5 Å². The molecule has 0 aliphatic rings. The minimum Gasteiger partial charge on any atom is -0.398 e. The van der Waals surface area contributed by atoms with Crippen molar-refractivity contribution in [2.45, 2.75) is 33.7 Å². The molecule has 0 spiro atoms. The third-order valence-corrected chi connectivity index (χ3v) is 2.60. The molecule has 0 aliphatic heterocycles. The van der Waals surface area contributed by atoms with Crippen molar-refractivity contribution in [3.05, 3.63) is 29.3 Å². The number of hydrogen-bond acceptors (Lipinski definition) is 2. The average Bonchev–Trinajstić information content (AvgIpc) is 2.01. The molecule has 1 aromatic carbocycles. The second kappa shape index (κ2) is 3.62. The van der Waals surface area contributed by atoms with Gasteiger partial charge < -0.3 is 11.5 Å². The van der Waals surface area contributed by atoms with Gasteiger partial charge >= 0.3 is 0 Å². The highest BCUT2D eigenvalue weighted by Gasteiger charge is 2.24. The van der Waals surface area contributed by atoms with Crippen LogP contribution in [-0.4, -0.2) is 0 Å². The number of benzene rings is 1. The van der Waals surface area contributed by atoms with Crippen LogP contribution in [0.1, 0.15) is 37.9 Å². The molecule has 1 rings (SSSR count). The second-order valence-electron chi connectivity index (χ2n) is 4.92. The topological polar surface area (TPSA) is 52.0 Å². The quantitative estimate of drug-likeness (QED) is 0.672. The van der Waals surface area contributed by atoms with E-state index in [4.69, 9.17) is 11.5 Å². The van der Waals surface area contributed by atoms with Gasteiger partial charge in [0, 0.05) is 11.7 Å². The van der Waals surface area contributed by atoms with Gasteiger partial charge in [-0.2, -0.15) is 0 Å². The Hall–Kier alpha value is -1.02. The van der Waals surface area contributed by atoms with Crippen molar-refractivity contribution in [3.63, 3.8) is 0 Å². The molecular formula is C12H20N2. The molecule has 4 N–H and O–H groups in total. The predicted octanol–water partition coefficient (Wildman–Crippen LogP) is 2.62. The highest BCUT2D eigenvalue weighted by molar-refractivity contribution is 5.52. The number of anilines is 1. The maximum absolute atomic E-state index is 6.19. The summed E-state index contributed by atoms with van der Waals surface area (Å²) in [5.74, 6) is 0. The Morgan fingerprint density at radius 2 is 1.79 bits per heavy atom. The fourth-order valence-electron chi connectivity index (χ4n) is 1.56. The molecule has 2 nitrogen and oxygen atoms in total. The fraction of sp³-hybridized carbons (Fsp3) is 0.500. The molecule has 0 bridgehead atoms. The number of rotatable bonds is 1. The summed E-state index contributed by atoms with van der Waals surface area (Å²) >= 11 is 0. The zero-order valence-electron chi connectivity index (χ0n) is 9.46. The average molecular weight is 192 g/mol. The molecule has 0 aliphatic carbocycles. The smallest absolute Gasteiger partial charge is 0.0367 e. The van der Waals surface area contributed by atoms with Crippen LogP contribution in [0.5, 0.6) is 0 Å². The van der Waals surface area contributed by atoms with E-state index in [1.54, 1.807) is 0 Å². The van der Waals surface area contributed by atoms with Crippen molar-refractivity contribution in [2.24, 2.45) is 11.1 Å². The van der Waals surface area contributed by atoms with E-state index in [2.05, 4.69) is 33.8 Å². The van der Waals surface area contributed by atoms with Gasteiger partial charge in [0.05, 0.1) is 0 Å². The summed E-state index contributed by atoms with van der Waals surface area (Å²) in [6.07, 6.45) is 0. The van der Waals surface area contributed by atoms with E-state index in [1.807, 2.05) is 12.1 Å². The zero-order chi connectivity index (χ0) is 10.9. The van der Waals surface area contributed by atoms with Crippen LogP contribution >= 0.6 is 0 Å². The van der Waals surface area contributed by atoms with Crippen molar-refractivity contribution in [3.8, 4) is 0 Å². The van der Waals surface area contributed by atoms with Crippen LogP contribution in [0.3, 0.4) is 0 Å². The summed E-state index contributed by atoms with van der Waals surface area (Å²) in [5, 5.41) is 0. The first-order valence-corrected chi connectivity index (χ1v) is 4.94. The molecule has 0 aromatic heterocycles. The van der Waals surface area contributed by atoms with Gasteiger partial charge in [0.2, 0.25) is 0 Å². The Morgan fingerprint density at radius 3 is 2.21 bits per heavy atom. The number of nitrogens with two attached hydrogens (primary N) is 2. The molecule has 0 fully saturated rings. The van der Waals surface area contributed by atoms with Crippen molar-refractivity contribution in [2.75, 3.05) is 5.73 Å². The Balaban J connectivity index is 3.19. The minimum atomic E-state index is -0.0105. The standard InChI is InChI=1S/C12H20N2/c1-8-6-5-7-9(13)10(8)11(14)12(2,3)4/h5-7,11H,13-14H2,1-4H3/t11-/m1/s1. The summed E-state index contributed by atoms with van der Waals surface area (Å²) < 4.78 is 0. The highest BCUT2D eigenvalue weighted by Crippen LogP contribution is 2.35. The van der Waals surface area contributed by atoms with Gasteiger partial charge in [0.25, 0.3) is 0 Å². The third kappa shape index (κ3) is 2.07. The monoisotopic (exact) mass is 192 g/mol. The number of aryl methyl sites for hydroxylation is 1. The van der Waals surface area contributed by atoms with Crippen LogP contribution in [0.4, 0.5) is 5.69 Å². The molecule has 78 valence electrons. The van der Waals surface area contributed by atoms with Crippen LogP contribution in [0.25, 0.3) is 0 Å². The van der Waals surface area contributed by atoms with Crippen LogP contribution in [0.15, 0.2) is 18.2 Å². The lowest BCUT2D eigenvalue weighted by molar-refractivity contribution is 0.327.